The Balaban J connectivity index is 2.03. The Labute approximate surface area is 135 Å². The summed E-state index contributed by atoms with van der Waals surface area (Å²) in [6, 6.07) is 17.6. The van der Waals surface area contributed by atoms with Crippen LogP contribution >= 0.6 is 0 Å². The highest BCUT2D eigenvalue weighted by Crippen LogP contribution is 2.07. The Kier molecular flexibility index (Phi) is 6.02. The highest BCUT2D eigenvalue weighted by molar-refractivity contribution is 5.97. The molecule has 4 N–H and O–H groups in total. The van der Waals surface area contributed by atoms with Crippen molar-refractivity contribution in [3.8, 4) is 0 Å². The minimum absolute atomic E-state index is 0.0197. The number of ketones is 1. The van der Waals surface area contributed by atoms with Gasteiger partial charge in [0.05, 0.1) is 6.54 Å². The zero-order valence-corrected chi connectivity index (χ0v) is 12.7. The Morgan fingerprint density at radius 1 is 1.00 bits per heavy atom. The molecule has 0 aromatic heterocycles. The zero-order chi connectivity index (χ0) is 16.7. The molecule has 1 amide bonds. The molecule has 5 nitrogen and oxygen atoms in total. The van der Waals surface area contributed by atoms with Crippen molar-refractivity contribution in [1.29, 1.82) is 0 Å². The lowest BCUT2D eigenvalue weighted by Crippen LogP contribution is -2.49. The molecular formula is C18H20N2O3. The van der Waals surface area contributed by atoms with E-state index in [1.54, 1.807) is 24.3 Å². The number of nitrogens with one attached hydrogen (secondary N) is 1. The number of aliphatic hydroxyl groups excluding tert-OH is 1. The standard InChI is InChI=1S/C18H20N2O3/c19-18(23)17(22)15(11-13-7-3-1-4-8-13)20-12-16(21)14-9-5-2-6-10-14/h1-10,15,17,20,22H,11-12H2,(H2,19,23). The van der Waals surface area contributed by atoms with Gasteiger partial charge in [0.2, 0.25) is 5.91 Å². The molecular weight excluding hydrogens is 292 g/mol. The largest absolute Gasteiger partial charge is 0.382 e. The second-order valence-corrected chi connectivity index (χ2v) is 5.31. The highest BCUT2D eigenvalue weighted by atomic mass is 16.3. The third kappa shape index (κ3) is 5.02. The zero-order valence-electron chi connectivity index (χ0n) is 12.7. The molecule has 2 aromatic rings. The lowest BCUT2D eigenvalue weighted by molar-refractivity contribution is -0.127. The van der Waals surface area contributed by atoms with Crippen molar-refractivity contribution in [3.05, 3.63) is 71.8 Å². The summed E-state index contributed by atoms with van der Waals surface area (Å²) < 4.78 is 0. The fourth-order valence-corrected chi connectivity index (χ4v) is 2.31. The van der Waals surface area contributed by atoms with Gasteiger partial charge >= 0.3 is 0 Å². The van der Waals surface area contributed by atoms with Crippen LogP contribution in [0.4, 0.5) is 0 Å². The summed E-state index contributed by atoms with van der Waals surface area (Å²) in [6.45, 7) is 0.0197. The van der Waals surface area contributed by atoms with Crippen LogP contribution in [0.1, 0.15) is 15.9 Å². The first-order valence-corrected chi connectivity index (χ1v) is 7.41. The average molecular weight is 312 g/mol. The number of rotatable bonds is 8. The maximum atomic E-state index is 12.1. The van der Waals surface area contributed by atoms with Gasteiger partial charge in [-0.05, 0) is 12.0 Å². The summed E-state index contributed by atoms with van der Waals surface area (Å²) in [5, 5.41) is 12.9. The molecule has 0 aliphatic heterocycles. The van der Waals surface area contributed by atoms with Crippen LogP contribution in [0.5, 0.6) is 0 Å². The summed E-state index contributed by atoms with van der Waals surface area (Å²) in [7, 11) is 0. The Morgan fingerprint density at radius 3 is 2.13 bits per heavy atom. The number of amides is 1. The first-order chi connectivity index (χ1) is 11.1. The Hall–Kier alpha value is -2.50. The number of Topliss-reactive ketones (excluding diaryl/α,β-unsaturated/α-hetero) is 1. The number of primary amides is 1. The molecule has 0 bridgehead atoms. The molecule has 0 spiro atoms. The van der Waals surface area contributed by atoms with E-state index >= 15 is 0 Å². The molecule has 2 rings (SSSR count). The predicted octanol–water partition coefficient (Wildman–Crippen LogP) is 0.916. The van der Waals surface area contributed by atoms with Crippen LogP contribution in [-0.2, 0) is 11.2 Å². The van der Waals surface area contributed by atoms with Crippen molar-refractivity contribution < 1.29 is 14.7 Å². The van der Waals surface area contributed by atoms with Gasteiger partial charge < -0.3 is 16.2 Å². The van der Waals surface area contributed by atoms with Gasteiger partial charge in [0.25, 0.3) is 0 Å². The van der Waals surface area contributed by atoms with E-state index in [2.05, 4.69) is 5.32 Å². The monoisotopic (exact) mass is 312 g/mol. The van der Waals surface area contributed by atoms with Gasteiger partial charge in [0.1, 0.15) is 6.10 Å². The summed E-state index contributed by atoms with van der Waals surface area (Å²) in [4.78, 5) is 23.4. The van der Waals surface area contributed by atoms with E-state index in [1.165, 1.54) is 0 Å². The fraction of sp³-hybridized carbons (Fsp3) is 0.222. The number of aliphatic hydroxyl groups is 1. The number of carbonyl (C=O) groups excluding carboxylic acids is 2. The maximum Gasteiger partial charge on any atom is 0.247 e. The van der Waals surface area contributed by atoms with Crippen LogP contribution in [0.2, 0.25) is 0 Å². The molecule has 2 aromatic carbocycles. The van der Waals surface area contributed by atoms with Gasteiger partial charge in [-0.3, -0.25) is 9.59 Å². The third-order valence-electron chi connectivity index (χ3n) is 3.59. The van der Waals surface area contributed by atoms with Crippen molar-refractivity contribution in [1.82, 2.24) is 5.32 Å². The van der Waals surface area contributed by atoms with Gasteiger partial charge in [-0.2, -0.15) is 0 Å². The summed E-state index contributed by atoms with van der Waals surface area (Å²) >= 11 is 0. The lowest BCUT2D eigenvalue weighted by Gasteiger charge is -2.22. The second-order valence-electron chi connectivity index (χ2n) is 5.31. The summed E-state index contributed by atoms with van der Waals surface area (Å²) in [5.41, 5.74) is 6.71. The summed E-state index contributed by atoms with van der Waals surface area (Å²) in [5.74, 6) is -0.925. The van der Waals surface area contributed by atoms with Crippen molar-refractivity contribution in [2.75, 3.05) is 6.54 Å². The van der Waals surface area contributed by atoms with Crippen LogP contribution in [0, 0.1) is 0 Å². The fourth-order valence-electron chi connectivity index (χ4n) is 2.31. The first-order valence-electron chi connectivity index (χ1n) is 7.41. The van der Waals surface area contributed by atoms with E-state index in [-0.39, 0.29) is 12.3 Å². The smallest absolute Gasteiger partial charge is 0.247 e. The van der Waals surface area contributed by atoms with Gasteiger partial charge in [-0.1, -0.05) is 60.7 Å². The summed E-state index contributed by atoms with van der Waals surface area (Å²) in [6.07, 6.45) is -0.966. The number of hydrogen-bond donors (Lipinski definition) is 3. The minimum Gasteiger partial charge on any atom is -0.382 e. The lowest BCUT2D eigenvalue weighted by atomic mass is 10.0. The number of hydrogen-bond acceptors (Lipinski definition) is 4. The van der Waals surface area contributed by atoms with Gasteiger partial charge in [-0.25, -0.2) is 0 Å². The van der Waals surface area contributed by atoms with Crippen LogP contribution < -0.4 is 11.1 Å². The molecule has 0 aliphatic rings. The van der Waals surface area contributed by atoms with Crippen molar-refractivity contribution in [2.45, 2.75) is 18.6 Å². The average Bonchev–Trinajstić information content (AvgIpc) is 2.59. The van der Waals surface area contributed by atoms with Crippen molar-refractivity contribution in [3.63, 3.8) is 0 Å². The highest BCUT2D eigenvalue weighted by Gasteiger charge is 2.24. The SMILES string of the molecule is NC(=O)C(O)C(Cc1ccccc1)NCC(=O)c1ccccc1. The van der Waals surface area contributed by atoms with E-state index in [0.717, 1.165) is 5.56 Å². The molecule has 2 unspecified atom stereocenters. The Bertz CT molecular complexity index is 644. The molecule has 120 valence electrons. The predicted molar refractivity (Wildman–Crippen MR) is 87.9 cm³/mol. The molecule has 0 fully saturated rings. The van der Waals surface area contributed by atoms with E-state index in [1.807, 2.05) is 36.4 Å². The molecule has 0 heterocycles. The van der Waals surface area contributed by atoms with Gasteiger partial charge in [0.15, 0.2) is 5.78 Å². The van der Waals surface area contributed by atoms with Crippen LogP contribution in [-0.4, -0.2) is 35.5 Å². The van der Waals surface area contributed by atoms with Crippen LogP contribution in [0.3, 0.4) is 0 Å². The number of carbonyl (C=O) groups is 2. The Morgan fingerprint density at radius 2 is 1.57 bits per heavy atom. The van der Waals surface area contributed by atoms with Crippen LogP contribution in [0.25, 0.3) is 0 Å². The van der Waals surface area contributed by atoms with Gasteiger partial charge in [0, 0.05) is 11.6 Å². The van der Waals surface area contributed by atoms with Gasteiger partial charge in [-0.15, -0.1) is 0 Å². The number of nitrogens with two attached hydrogens (primary N) is 1. The molecule has 0 saturated heterocycles. The third-order valence-corrected chi connectivity index (χ3v) is 3.59. The maximum absolute atomic E-state index is 12.1. The van der Waals surface area contributed by atoms with E-state index in [0.29, 0.717) is 12.0 Å². The second kappa shape index (κ2) is 8.22. The molecule has 0 saturated carbocycles. The van der Waals surface area contributed by atoms with Crippen LogP contribution in [0.15, 0.2) is 60.7 Å². The molecule has 0 radical (unpaired) electrons. The molecule has 0 aliphatic carbocycles. The first kappa shape index (κ1) is 16.9. The van der Waals surface area contributed by atoms with Crippen molar-refractivity contribution in [2.24, 2.45) is 5.73 Å². The quantitative estimate of drug-likeness (QED) is 0.632. The number of benzene rings is 2. The molecule has 2 atom stereocenters. The van der Waals surface area contributed by atoms with E-state index < -0.39 is 18.1 Å². The normalized spacial score (nSPS) is 13.3. The molecule has 23 heavy (non-hydrogen) atoms. The van der Waals surface area contributed by atoms with E-state index in [9.17, 15) is 14.7 Å². The topological polar surface area (TPSA) is 92.4 Å². The van der Waals surface area contributed by atoms with E-state index in [4.69, 9.17) is 5.73 Å². The van der Waals surface area contributed by atoms with Crippen molar-refractivity contribution >= 4 is 11.7 Å². The minimum atomic E-state index is -1.36. The molecule has 5 heteroatoms.